The van der Waals surface area contributed by atoms with Gasteiger partial charge in [0.2, 0.25) is 0 Å². The van der Waals surface area contributed by atoms with Gasteiger partial charge in [-0.25, -0.2) is 0 Å². The van der Waals surface area contributed by atoms with Gasteiger partial charge in [0.05, 0.1) is 27.5 Å². The Morgan fingerprint density at radius 1 is 0.510 bits per heavy atom. The molecule has 51 heavy (non-hydrogen) atoms. The molecule has 2 unspecified atom stereocenters. The summed E-state index contributed by atoms with van der Waals surface area (Å²) in [6.45, 7) is 0. The Morgan fingerprint density at radius 2 is 1.16 bits per heavy atom. The highest BCUT2D eigenvalue weighted by molar-refractivity contribution is 7.27. The van der Waals surface area contributed by atoms with Gasteiger partial charge in [0, 0.05) is 37.0 Å². The van der Waals surface area contributed by atoms with Gasteiger partial charge < -0.3 is 14.3 Å². The predicted octanol–water partition coefficient (Wildman–Crippen LogP) is 12.6. The summed E-state index contributed by atoms with van der Waals surface area (Å²) in [4.78, 5) is 0. The van der Waals surface area contributed by atoms with Gasteiger partial charge in [-0.2, -0.15) is 0 Å². The lowest BCUT2D eigenvalue weighted by atomic mass is 9.95. The molecule has 4 nitrogen and oxygen atoms in total. The maximum atomic E-state index is 6.75. The molecule has 0 aliphatic carbocycles. The first kappa shape index (κ1) is 27.7. The van der Waals surface area contributed by atoms with Crippen molar-refractivity contribution in [3.8, 4) is 0 Å². The van der Waals surface area contributed by atoms with Gasteiger partial charge >= 0.3 is 0 Å². The van der Waals surface area contributed by atoms with Crippen LogP contribution in [-0.4, -0.2) is 4.57 Å². The van der Waals surface area contributed by atoms with Crippen LogP contribution in [0.2, 0.25) is 0 Å². The average Bonchev–Trinajstić information content (AvgIpc) is 3.88. The number of benzene rings is 8. The highest BCUT2D eigenvalue weighted by Gasteiger charge is 2.36. The number of thiophene rings is 1. The molecule has 1 aliphatic heterocycles. The molecule has 8 aromatic carbocycles. The van der Waals surface area contributed by atoms with Crippen molar-refractivity contribution in [1.82, 2.24) is 9.88 Å². The minimum Gasteiger partial charge on any atom is -0.457 e. The number of nitrogens with one attached hydrogen (secondary N) is 2. The molecular formula is C46H29N3OS. The third-order valence-corrected chi connectivity index (χ3v) is 12.2. The number of rotatable bonds is 2. The van der Waals surface area contributed by atoms with Gasteiger partial charge in [-0.1, -0.05) is 133 Å². The second-order valence-electron chi connectivity index (χ2n) is 13.7. The van der Waals surface area contributed by atoms with E-state index in [1.165, 1.54) is 79.9 Å². The number of aromatic nitrogens is 1. The summed E-state index contributed by atoms with van der Waals surface area (Å²) in [5.41, 5.74) is 5.58. The van der Waals surface area contributed by atoms with Crippen LogP contribution in [0.4, 0.5) is 5.69 Å². The van der Waals surface area contributed by atoms with Gasteiger partial charge in [-0.15, -0.1) is 11.3 Å². The van der Waals surface area contributed by atoms with Crippen LogP contribution < -0.4 is 10.6 Å². The van der Waals surface area contributed by atoms with E-state index in [1.54, 1.807) is 0 Å². The highest BCUT2D eigenvalue weighted by atomic mass is 32.1. The number of hydrogen-bond acceptors (Lipinski definition) is 4. The molecule has 11 aromatic rings. The van der Waals surface area contributed by atoms with E-state index < -0.39 is 0 Å². The van der Waals surface area contributed by atoms with E-state index in [0.29, 0.717) is 0 Å². The maximum absolute atomic E-state index is 6.75. The molecule has 0 saturated carbocycles. The zero-order valence-corrected chi connectivity index (χ0v) is 28.2. The second-order valence-corrected chi connectivity index (χ2v) is 14.7. The smallest absolute Gasteiger partial charge is 0.160 e. The summed E-state index contributed by atoms with van der Waals surface area (Å²) in [6, 6.07) is 54.8. The zero-order chi connectivity index (χ0) is 33.2. The predicted molar refractivity (Wildman–Crippen MR) is 215 cm³/mol. The van der Waals surface area contributed by atoms with E-state index in [1.807, 2.05) is 11.3 Å². The monoisotopic (exact) mass is 671 g/mol. The lowest BCUT2D eigenvalue weighted by molar-refractivity contribution is 0.373. The number of anilines is 1. The van der Waals surface area contributed by atoms with E-state index in [2.05, 4.69) is 167 Å². The quantitative estimate of drug-likeness (QED) is 0.192. The molecule has 4 heterocycles. The number of fused-ring (bicyclic) bond motifs is 16. The summed E-state index contributed by atoms with van der Waals surface area (Å²) in [6.07, 6.45) is -0.303. The minimum absolute atomic E-state index is 0.203. The SMILES string of the molecule is c1ccc2c(C3NC(n4c5c6ccccc6ccc5c5c6ccccc6c6c7ccccc7sc6c54)Nc4c3oc3ccccc43)cccc2c1. The van der Waals surface area contributed by atoms with E-state index in [0.717, 1.165) is 22.4 Å². The van der Waals surface area contributed by atoms with E-state index in [9.17, 15) is 0 Å². The van der Waals surface area contributed by atoms with Gasteiger partial charge in [0.25, 0.3) is 0 Å². The molecule has 0 spiro atoms. The summed E-state index contributed by atoms with van der Waals surface area (Å²) in [7, 11) is 0. The van der Waals surface area contributed by atoms with E-state index >= 15 is 0 Å². The van der Waals surface area contributed by atoms with Gasteiger partial charge in [-0.3, -0.25) is 5.32 Å². The van der Waals surface area contributed by atoms with Crippen LogP contribution in [0.15, 0.2) is 156 Å². The van der Waals surface area contributed by atoms with Crippen LogP contribution in [0, 0.1) is 0 Å². The van der Waals surface area contributed by atoms with Crippen molar-refractivity contribution in [2.24, 2.45) is 0 Å². The van der Waals surface area contributed by atoms with Crippen LogP contribution >= 0.6 is 11.3 Å². The summed E-state index contributed by atoms with van der Waals surface area (Å²) in [5.74, 6) is 0.909. The Bertz CT molecular complexity index is 3230. The number of nitrogens with zero attached hydrogens (tertiary/aromatic N) is 1. The van der Waals surface area contributed by atoms with Crippen molar-refractivity contribution in [2.75, 3.05) is 5.32 Å². The Balaban J connectivity index is 1.26. The lowest BCUT2D eigenvalue weighted by Crippen LogP contribution is -2.40. The topological polar surface area (TPSA) is 42.1 Å². The standard InChI is InChI=1S/C46H29N3OS/c1-3-15-28-26(12-1)14-11-21-32(28)40-44-41(33-19-7-9-22-36(33)50-44)48-46(47-40)49-42-29-16-4-2-13-27(29)24-25-35(42)38-30-17-5-6-18-31(30)39-34-20-8-10-23-37(34)51-45(39)43(38)49/h1-25,40,46-48H. The molecule has 12 rings (SSSR count). The fourth-order valence-electron chi connectivity index (χ4n) is 8.93. The van der Waals surface area contributed by atoms with Crippen LogP contribution in [0.3, 0.4) is 0 Å². The van der Waals surface area contributed by atoms with E-state index in [4.69, 9.17) is 4.42 Å². The normalized spacial score (nSPS) is 16.3. The third kappa shape index (κ3) is 3.71. The van der Waals surface area contributed by atoms with Gasteiger partial charge in [0.1, 0.15) is 11.3 Å². The Kier molecular flexibility index (Phi) is 5.53. The van der Waals surface area contributed by atoms with Crippen molar-refractivity contribution in [2.45, 2.75) is 12.3 Å². The maximum Gasteiger partial charge on any atom is 0.160 e. The van der Waals surface area contributed by atoms with Crippen molar-refractivity contribution in [3.63, 3.8) is 0 Å². The molecule has 2 N–H and O–H groups in total. The molecule has 2 atom stereocenters. The molecule has 240 valence electrons. The lowest BCUT2D eigenvalue weighted by Gasteiger charge is -2.34. The van der Waals surface area contributed by atoms with Crippen molar-refractivity contribution < 1.29 is 4.42 Å². The van der Waals surface area contributed by atoms with Crippen LogP contribution in [-0.2, 0) is 0 Å². The molecule has 5 heteroatoms. The molecule has 0 saturated heterocycles. The van der Waals surface area contributed by atoms with E-state index in [-0.39, 0.29) is 12.3 Å². The molecule has 0 bridgehead atoms. The summed E-state index contributed by atoms with van der Waals surface area (Å²) in [5, 5.41) is 21.9. The second kappa shape index (κ2) is 10.2. The third-order valence-electron chi connectivity index (χ3n) is 11.0. The number of hydrogen-bond donors (Lipinski definition) is 2. The Morgan fingerprint density at radius 3 is 2.00 bits per heavy atom. The molecule has 0 radical (unpaired) electrons. The highest BCUT2D eigenvalue weighted by Crippen LogP contribution is 2.51. The molecule has 3 aromatic heterocycles. The van der Waals surface area contributed by atoms with Crippen molar-refractivity contribution in [1.29, 1.82) is 0 Å². The summed E-state index contributed by atoms with van der Waals surface area (Å²) >= 11 is 1.90. The largest absolute Gasteiger partial charge is 0.457 e. The molecule has 0 amide bonds. The average molecular weight is 672 g/mol. The Labute approximate surface area is 296 Å². The fourth-order valence-corrected chi connectivity index (χ4v) is 10.2. The fraction of sp³-hybridized carbons (Fsp3) is 0.0435. The van der Waals surface area contributed by atoms with Crippen molar-refractivity contribution >= 4 is 102 Å². The zero-order valence-electron chi connectivity index (χ0n) is 27.4. The summed E-state index contributed by atoms with van der Waals surface area (Å²) < 4.78 is 11.9. The van der Waals surface area contributed by atoms with Crippen LogP contribution in [0.5, 0.6) is 0 Å². The number of para-hydroxylation sites is 1. The Hall–Kier alpha value is -6.14. The molecule has 1 aliphatic rings. The molecule has 0 fully saturated rings. The van der Waals surface area contributed by atoms with Gasteiger partial charge in [-0.05, 0) is 50.7 Å². The van der Waals surface area contributed by atoms with Crippen LogP contribution in [0.1, 0.15) is 23.7 Å². The van der Waals surface area contributed by atoms with Gasteiger partial charge in [0.15, 0.2) is 6.29 Å². The van der Waals surface area contributed by atoms with Crippen LogP contribution in [0.25, 0.3) is 85.3 Å². The van der Waals surface area contributed by atoms with Crippen molar-refractivity contribution in [3.05, 3.63) is 163 Å². The first-order chi connectivity index (χ1) is 25.3. The first-order valence-corrected chi connectivity index (χ1v) is 18.3. The first-order valence-electron chi connectivity index (χ1n) is 17.5. The number of furan rings is 1. The minimum atomic E-state index is -0.303. The molecular weight excluding hydrogens is 643 g/mol.